The van der Waals surface area contributed by atoms with Crippen molar-refractivity contribution in [2.45, 2.75) is 25.7 Å². The van der Waals surface area contributed by atoms with Gasteiger partial charge in [-0.05, 0) is 37.0 Å². The topological polar surface area (TPSA) is 90.2 Å². The molecular formula is C16H18N2O3. The lowest BCUT2D eigenvalue weighted by Gasteiger charge is -2.28. The summed E-state index contributed by atoms with van der Waals surface area (Å²) in [5.41, 5.74) is 0.862. The summed E-state index contributed by atoms with van der Waals surface area (Å²) in [5, 5.41) is 20.8. The molecule has 0 aromatic heterocycles. The van der Waals surface area contributed by atoms with Crippen molar-refractivity contribution in [3.05, 3.63) is 35.4 Å². The van der Waals surface area contributed by atoms with Gasteiger partial charge in [0, 0.05) is 12.1 Å². The molecule has 0 spiro atoms. The third kappa shape index (κ3) is 3.82. The summed E-state index contributed by atoms with van der Waals surface area (Å²) < 4.78 is 0. The number of carbonyl (C=O) groups is 2. The number of rotatable bonds is 4. The SMILES string of the molecule is N#Cc1cccc(C(=O)NCC2CCCCC2C(=O)O)c1. The molecule has 1 aromatic rings. The van der Waals surface area contributed by atoms with Crippen LogP contribution in [0.3, 0.4) is 0 Å². The molecule has 110 valence electrons. The van der Waals surface area contributed by atoms with Gasteiger partial charge in [0.2, 0.25) is 0 Å². The quantitative estimate of drug-likeness (QED) is 0.887. The van der Waals surface area contributed by atoms with Crippen molar-refractivity contribution < 1.29 is 14.7 Å². The number of aliphatic carboxylic acids is 1. The summed E-state index contributed by atoms with van der Waals surface area (Å²) >= 11 is 0. The minimum atomic E-state index is -0.777. The standard InChI is InChI=1S/C16H18N2O3/c17-9-11-4-3-6-12(8-11)15(19)18-10-13-5-1-2-7-14(13)16(20)21/h3-4,6,8,13-14H,1-2,5,7,10H2,(H,18,19)(H,20,21). The van der Waals surface area contributed by atoms with Crippen molar-refractivity contribution in [1.82, 2.24) is 5.32 Å². The van der Waals surface area contributed by atoms with Crippen molar-refractivity contribution in [3.63, 3.8) is 0 Å². The number of amides is 1. The van der Waals surface area contributed by atoms with Crippen LogP contribution in [0.1, 0.15) is 41.6 Å². The second-order valence-electron chi connectivity index (χ2n) is 5.39. The second kappa shape index (κ2) is 6.89. The fourth-order valence-electron chi connectivity index (χ4n) is 2.83. The molecule has 21 heavy (non-hydrogen) atoms. The Morgan fingerprint density at radius 2 is 2.10 bits per heavy atom. The van der Waals surface area contributed by atoms with Crippen LogP contribution in [0, 0.1) is 23.2 Å². The maximum Gasteiger partial charge on any atom is 0.306 e. The van der Waals surface area contributed by atoms with Gasteiger partial charge in [-0.2, -0.15) is 5.26 Å². The van der Waals surface area contributed by atoms with E-state index in [0.717, 1.165) is 19.3 Å². The van der Waals surface area contributed by atoms with Crippen LogP contribution >= 0.6 is 0 Å². The molecule has 1 aliphatic rings. The molecule has 1 aliphatic carbocycles. The van der Waals surface area contributed by atoms with Gasteiger partial charge >= 0.3 is 5.97 Å². The smallest absolute Gasteiger partial charge is 0.306 e. The van der Waals surface area contributed by atoms with Crippen LogP contribution in [0.4, 0.5) is 0 Å². The van der Waals surface area contributed by atoms with Gasteiger partial charge in [-0.15, -0.1) is 0 Å². The highest BCUT2D eigenvalue weighted by molar-refractivity contribution is 5.94. The molecule has 0 radical (unpaired) electrons. The number of carbonyl (C=O) groups excluding carboxylic acids is 1. The molecule has 1 amide bonds. The maximum atomic E-state index is 12.1. The Hall–Kier alpha value is -2.35. The molecule has 0 saturated heterocycles. The Morgan fingerprint density at radius 1 is 1.33 bits per heavy atom. The molecule has 1 fully saturated rings. The number of carboxylic acids is 1. The minimum Gasteiger partial charge on any atom is -0.481 e. The molecule has 1 saturated carbocycles. The average molecular weight is 286 g/mol. The van der Waals surface area contributed by atoms with Gasteiger partial charge in [0.25, 0.3) is 5.91 Å². The van der Waals surface area contributed by atoms with E-state index in [0.29, 0.717) is 24.1 Å². The number of nitrogens with zero attached hydrogens (tertiary/aromatic N) is 1. The Balaban J connectivity index is 1.96. The first-order valence-corrected chi connectivity index (χ1v) is 7.13. The van der Waals surface area contributed by atoms with Crippen LogP contribution in [0.25, 0.3) is 0 Å². The third-order valence-electron chi connectivity index (χ3n) is 4.00. The number of nitriles is 1. The Labute approximate surface area is 123 Å². The molecule has 5 heteroatoms. The van der Waals surface area contributed by atoms with Gasteiger partial charge in [0.05, 0.1) is 17.6 Å². The molecule has 2 atom stereocenters. The molecule has 1 aromatic carbocycles. The molecule has 2 N–H and O–H groups in total. The Kier molecular flexibility index (Phi) is 4.94. The predicted molar refractivity (Wildman–Crippen MR) is 76.6 cm³/mol. The summed E-state index contributed by atoms with van der Waals surface area (Å²) in [5.74, 6) is -1.42. The van der Waals surface area contributed by atoms with Gasteiger partial charge in [0.15, 0.2) is 0 Å². The zero-order chi connectivity index (χ0) is 15.2. The van der Waals surface area contributed by atoms with Gasteiger partial charge in [-0.3, -0.25) is 9.59 Å². The lowest BCUT2D eigenvalue weighted by atomic mass is 9.79. The average Bonchev–Trinajstić information content (AvgIpc) is 2.52. The minimum absolute atomic E-state index is 0.0145. The van der Waals surface area contributed by atoms with E-state index in [2.05, 4.69) is 5.32 Å². The van der Waals surface area contributed by atoms with Crippen molar-refractivity contribution in [1.29, 1.82) is 5.26 Å². The monoisotopic (exact) mass is 286 g/mol. The number of nitrogens with one attached hydrogen (secondary N) is 1. The highest BCUT2D eigenvalue weighted by Gasteiger charge is 2.30. The molecule has 2 unspecified atom stereocenters. The van der Waals surface area contributed by atoms with E-state index in [-0.39, 0.29) is 17.7 Å². The number of carboxylic acid groups (broad SMARTS) is 1. The van der Waals surface area contributed by atoms with Crippen LogP contribution in [-0.4, -0.2) is 23.5 Å². The van der Waals surface area contributed by atoms with E-state index >= 15 is 0 Å². The lowest BCUT2D eigenvalue weighted by Crippen LogP contribution is -2.37. The van der Waals surface area contributed by atoms with Crippen molar-refractivity contribution >= 4 is 11.9 Å². The number of benzene rings is 1. The predicted octanol–water partition coefficient (Wildman–Crippen LogP) is 2.18. The maximum absolute atomic E-state index is 12.1. The van der Waals surface area contributed by atoms with Gasteiger partial charge in [0.1, 0.15) is 0 Å². The normalized spacial score (nSPS) is 21.3. The van der Waals surface area contributed by atoms with E-state index in [1.165, 1.54) is 6.07 Å². The summed E-state index contributed by atoms with van der Waals surface area (Å²) in [7, 11) is 0. The summed E-state index contributed by atoms with van der Waals surface area (Å²) in [4.78, 5) is 23.3. The van der Waals surface area contributed by atoms with Crippen LogP contribution in [0.2, 0.25) is 0 Å². The van der Waals surface area contributed by atoms with Crippen LogP contribution in [-0.2, 0) is 4.79 Å². The first kappa shape index (κ1) is 15.0. The van der Waals surface area contributed by atoms with E-state index in [9.17, 15) is 14.7 Å². The van der Waals surface area contributed by atoms with Gasteiger partial charge in [-0.25, -0.2) is 0 Å². The molecule has 2 rings (SSSR count). The second-order valence-corrected chi connectivity index (χ2v) is 5.39. The fourth-order valence-corrected chi connectivity index (χ4v) is 2.83. The zero-order valence-corrected chi connectivity index (χ0v) is 11.7. The van der Waals surface area contributed by atoms with Crippen LogP contribution in [0.15, 0.2) is 24.3 Å². The molecule has 0 heterocycles. The van der Waals surface area contributed by atoms with Gasteiger partial charge < -0.3 is 10.4 Å². The highest BCUT2D eigenvalue weighted by atomic mass is 16.4. The first-order chi connectivity index (χ1) is 10.1. The first-order valence-electron chi connectivity index (χ1n) is 7.13. The summed E-state index contributed by atoms with van der Waals surface area (Å²) in [6.07, 6.45) is 3.45. The zero-order valence-electron chi connectivity index (χ0n) is 11.7. The molecule has 0 aliphatic heterocycles. The highest BCUT2D eigenvalue weighted by Crippen LogP contribution is 2.29. The van der Waals surface area contributed by atoms with E-state index < -0.39 is 5.97 Å². The van der Waals surface area contributed by atoms with Crippen LogP contribution < -0.4 is 5.32 Å². The van der Waals surface area contributed by atoms with Crippen molar-refractivity contribution in [2.24, 2.45) is 11.8 Å². The van der Waals surface area contributed by atoms with E-state index in [1.807, 2.05) is 6.07 Å². The third-order valence-corrected chi connectivity index (χ3v) is 4.00. The Bertz CT molecular complexity index is 577. The lowest BCUT2D eigenvalue weighted by molar-refractivity contribution is -0.144. The molecule has 0 bridgehead atoms. The van der Waals surface area contributed by atoms with Crippen LogP contribution in [0.5, 0.6) is 0 Å². The largest absolute Gasteiger partial charge is 0.481 e. The van der Waals surface area contributed by atoms with E-state index in [1.54, 1.807) is 18.2 Å². The number of hydrogen-bond acceptors (Lipinski definition) is 3. The van der Waals surface area contributed by atoms with E-state index in [4.69, 9.17) is 5.26 Å². The Morgan fingerprint density at radius 3 is 2.81 bits per heavy atom. The molecule has 5 nitrogen and oxygen atoms in total. The summed E-state index contributed by atoms with van der Waals surface area (Å²) in [6.45, 7) is 0.368. The van der Waals surface area contributed by atoms with Crippen molar-refractivity contribution in [3.8, 4) is 6.07 Å². The van der Waals surface area contributed by atoms with Gasteiger partial charge in [-0.1, -0.05) is 18.9 Å². The fraction of sp³-hybridized carbons (Fsp3) is 0.438. The number of hydrogen-bond donors (Lipinski definition) is 2. The summed E-state index contributed by atoms with van der Waals surface area (Å²) in [6, 6.07) is 8.47. The van der Waals surface area contributed by atoms with Crippen molar-refractivity contribution in [2.75, 3.05) is 6.54 Å². The molecular weight excluding hydrogens is 268 g/mol.